The molecule has 1 aliphatic heterocycles. The SMILES string of the molecule is O=C(CCN1C(=S)N[C@@H](c2ccccn2)[C@@H]1c1ccn(C2CCCCC2)c1)Nc1ccccc1. The van der Waals surface area contributed by atoms with Crippen LogP contribution in [0.25, 0.3) is 0 Å². The smallest absolute Gasteiger partial charge is 0.226 e. The molecule has 2 fully saturated rings. The Kier molecular flexibility index (Phi) is 6.90. The van der Waals surface area contributed by atoms with Crippen molar-refractivity contribution in [3.63, 3.8) is 0 Å². The van der Waals surface area contributed by atoms with Gasteiger partial charge in [0.25, 0.3) is 0 Å². The van der Waals surface area contributed by atoms with Crippen LogP contribution < -0.4 is 10.6 Å². The summed E-state index contributed by atoms with van der Waals surface area (Å²) in [5.41, 5.74) is 2.97. The Balaban J connectivity index is 1.36. The van der Waals surface area contributed by atoms with Crippen molar-refractivity contribution in [1.29, 1.82) is 0 Å². The average Bonchev–Trinajstić information content (AvgIpc) is 3.49. The third-order valence-corrected chi connectivity index (χ3v) is 7.26. The van der Waals surface area contributed by atoms with Gasteiger partial charge in [-0.3, -0.25) is 9.78 Å². The van der Waals surface area contributed by atoms with Gasteiger partial charge in [0.15, 0.2) is 5.11 Å². The average molecular weight is 474 g/mol. The fourth-order valence-electron chi connectivity index (χ4n) is 5.19. The van der Waals surface area contributed by atoms with Crippen molar-refractivity contribution in [3.05, 3.63) is 84.4 Å². The molecular weight excluding hydrogens is 442 g/mol. The van der Waals surface area contributed by atoms with Crippen molar-refractivity contribution in [2.45, 2.75) is 56.7 Å². The van der Waals surface area contributed by atoms with Crippen molar-refractivity contribution in [3.8, 4) is 0 Å². The van der Waals surface area contributed by atoms with E-state index >= 15 is 0 Å². The highest BCUT2D eigenvalue weighted by atomic mass is 32.1. The Labute approximate surface area is 206 Å². The standard InChI is InChI=1S/C27H31N5OS/c33-24(29-21-9-3-1-4-10-21)15-18-32-26(25(30-27(32)34)23-13-7-8-16-28-23)20-14-17-31(19-20)22-11-5-2-6-12-22/h1,3-4,7-10,13-14,16-17,19,22,25-26H,2,5-6,11-12,15,18H2,(H,29,33)(H,30,34)/t25-,26-/m0/s1. The molecule has 2 aromatic heterocycles. The molecule has 0 unspecified atom stereocenters. The number of anilines is 1. The minimum atomic E-state index is -0.0620. The van der Waals surface area contributed by atoms with Gasteiger partial charge < -0.3 is 20.1 Å². The van der Waals surface area contributed by atoms with Gasteiger partial charge in [-0.15, -0.1) is 0 Å². The van der Waals surface area contributed by atoms with Crippen LogP contribution in [0, 0.1) is 0 Å². The Morgan fingerprint density at radius 1 is 1.06 bits per heavy atom. The number of carbonyl (C=O) groups excluding carboxylic acids is 1. The van der Waals surface area contributed by atoms with Gasteiger partial charge >= 0.3 is 0 Å². The van der Waals surface area contributed by atoms with Crippen molar-refractivity contribution in [1.82, 2.24) is 19.8 Å². The lowest BCUT2D eigenvalue weighted by Crippen LogP contribution is -2.32. The number of thiocarbonyl (C=S) groups is 1. The molecule has 1 saturated heterocycles. The van der Waals surface area contributed by atoms with E-state index in [9.17, 15) is 4.79 Å². The van der Waals surface area contributed by atoms with Gasteiger partial charge in [0.1, 0.15) is 0 Å². The van der Waals surface area contributed by atoms with Crippen LogP contribution in [0.5, 0.6) is 0 Å². The van der Waals surface area contributed by atoms with Gasteiger partial charge in [-0.05, 0) is 61.0 Å². The van der Waals surface area contributed by atoms with E-state index in [0.717, 1.165) is 11.4 Å². The fourth-order valence-corrected chi connectivity index (χ4v) is 5.52. The van der Waals surface area contributed by atoms with Crippen LogP contribution in [0.4, 0.5) is 5.69 Å². The van der Waals surface area contributed by atoms with Gasteiger partial charge in [0.2, 0.25) is 5.91 Å². The summed E-state index contributed by atoms with van der Waals surface area (Å²) < 4.78 is 2.38. The predicted octanol–water partition coefficient (Wildman–Crippen LogP) is 5.39. The third kappa shape index (κ3) is 4.99. The normalized spacial score (nSPS) is 20.8. The summed E-state index contributed by atoms with van der Waals surface area (Å²) in [5.74, 6) is -0.0196. The van der Waals surface area contributed by atoms with Crippen LogP contribution in [0.15, 0.2) is 73.2 Å². The number of rotatable bonds is 7. The number of pyridine rings is 1. The summed E-state index contributed by atoms with van der Waals surface area (Å²) >= 11 is 5.76. The molecule has 1 saturated carbocycles. The number of para-hydroxylation sites is 1. The van der Waals surface area contributed by atoms with E-state index < -0.39 is 0 Å². The Bertz CT molecular complexity index is 1110. The zero-order valence-corrected chi connectivity index (χ0v) is 20.1. The summed E-state index contributed by atoms with van der Waals surface area (Å²) in [4.78, 5) is 19.4. The molecule has 3 aromatic rings. The maximum Gasteiger partial charge on any atom is 0.226 e. The highest BCUT2D eigenvalue weighted by Crippen LogP contribution is 2.39. The van der Waals surface area contributed by atoms with Gasteiger partial charge in [-0.2, -0.15) is 0 Å². The van der Waals surface area contributed by atoms with E-state index in [2.05, 4.69) is 43.5 Å². The summed E-state index contributed by atoms with van der Waals surface area (Å²) in [6.07, 6.45) is 13.1. The Hall–Kier alpha value is -3.19. The van der Waals surface area contributed by atoms with E-state index in [0.29, 0.717) is 24.1 Å². The summed E-state index contributed by atoms with van der Waals surface area (Å²) in [7, 11) is 0. The first kappa shape index (κ1) is 22.6. The third-order valence-electron chi connectivity index (χ3n) is 6.91. The van der Waals surface area contributed by atoms with Crippen molar-refractivity contribution in [2.75, 3.05) is 11.9 Å². The Morgan fingerprint density at radius 3 is 2.62 bits per heavy atom. The first-order valence-electron chi connectivity index (χ1n) is 12.2. The first-order valence-corrected chi connectivity index (χ1v) is 12.6. The summed E-state index contributed by atoms with van der Waals surface area (Å²) in [5, 5.41) is 7.13. The predicted molar refractivity (Wildman–Crippen MR) is 138 cm³/mol. The molecule has 0 spiro atoms. The van der Waals surface area contributed by atoms with Gasteiger partial charge in [-0.1, -0.05) is 43.5 Å². The van der Waals surface area contributed by atoms with Crippen molar-refractivity contribution >= 4 is 28.9 Å². The van der Waals surface area contributed by atoms with E-state index in [1.54, 1.807) is 0 Å². The number of hydrogen-bond acceptors (Lipinski definition) is 3. The molecule has 1 aliphatic carbocycles. The number of carbonyl (C=O) groups is 1. The molecule has 34 heavy (non-hydrogen) atoms. The zero-order chi connectivity index (χ0) is 23.3. The number of nitrogens with one attached hydrogen (secondary N) is 2. The van der Waals surface area contributed by atoms with E-state index in [1.165, 1.54) is 37.7 Å². The van der Waals surface area contributed by atoms with Crippen LogP contribution in [0.3, 0.4) is 0 Å². The molecule has 2 atom stereocenters. The van der Waals surface area contributed by atoms with Crippen molar-refractivity contribution in [2.24, 2.45) is 0 Å². The highest BCUT2D eigenvalue weighted by Gasteiger charge is 2.40. The molecular formula is C27H31N5OS. The molecule has 6 nitrogen and oxygen atoms in total. The lowest BCUT2D eigenvalue weighted by atomic mass is 9.95. The molecule has 2 N–H and O–H groups in total. The minimum absolute atomic E-state index is 0.0169. The first-order chi connectivity index (χ1) is 16.7. The van der Waals surface area contributed by atoms with Crippen LogP contribution >= 0.6 is 12.2 Å². The van der Waals surface area contributed by atoms with Crippen LogP contribution in [-0.4, -0.2) is 32.0 Å². The second-order valence-electron chi connectivity index (χ2n) is 9.17. The molecule has 3 heterocycles. The second kappa shape index (κ2) is 10.4. The molecule has 176 valence electrons. The topological polar surface area (TPSA) is 62.2 Å². The van der Waals surface area contributed by atoms with E-state index in [4.69, 9.17) is 12.2 Å². The highest BCUT2D eigenvalue weighted by molar-refractivity contribution is 7.80. The number of benzene rings is 1. The van der Waals surface area contributed by atoms with Crippen LogP contribution in [-0.2, 0) is 4.79 Å². The molecule has 7 heteroatoms. The number of aromatic nitrogens is 2. The molecule has 1 amide bonds. The van der Waals surface area contributed by atoms with Gasteiger partial charge in [0, 0.05) is 43.3 Å². The number of amides is 1. The summed E-state index contributed by atoms with van der Waals surface area (Å²) in [6.45, 7) is 0.535. The van der Waals surface area contributed by atoms with E-state index in [-0.39, 0.29) is 18.0 Å². The second-order valence-corrected chi connectivity index (χ2v) is 9.55. The van der Waals surface area contributed by atoms with Gasteiger partial charge in [-0.25, -0.2) is 0 Å². The maximum absolute atomic E-state index is 12.7. The molecule has 0 radical (unpaired) electrons. The minimum Gasteiger partial charge on any atom is -0.352 e. The van der Waals surface area contributed by atoms with Gasteiger partial charge in [0.05, 0.1) is 17.8 Å². The maximum atomic E-state index is 12.7. The van der Waals surface area contributed by atoms with Crippen LogP contribution in [0.1, 0.15) is 67.9 Å². The molecule has 5 rings (SSSR count). The lowest BCUT2D eigenvalue weighted by Gasteiger charge is -2.27. The lowest BCUT2D eigenvalue weighted by molar-refractivity contribution is -0.116. The van der Waals surface area contributed by atoms with Crippen molar-refractivity contribution < 1.29 is 4.79 Å². The number of hydrogen-bond donors (Lipinski definition) is 2. The molecule has 0 bridgehead atoms. The Morgan fingerprint density at radius 2 is 1.85 bits per heavy atom. The molecule has 2 aliphatic rings. The zero-order valence-electron chi connectivity index (χ0n) is 19.3. The fraction of sp³-hybridized carbons (Fsp3) is 0.370. The molecule has 1 aromatic carbocycles. The quantitative estimate of drug-likeness (QED) is 0.451. The van der Waals surface area contributed by atoms with E-state index in [1.807, 2.05) is 54.7 Å². The number of nitrogens with zero attached hydrogens (tertiary/aromatic N) is 3. The summed E-state index contributed by atoms with van der Waals surface area (Å²) in [6, 6.07) is 18.2. The monoisotopic (exact) mass is 473 g/mol. The van der Waals surface area contributed by atoms with Crippen LogP contribution in [0.2, 0.25) is 0 Å². The largest absolute Gasteiger partial charge is 0.352 e.